The molecule has 3 aromatic carbocycles. The number of ether oxygens (including phenoxy) is 2. The number of benzene rings is 3. The van der Waals surface area contributed by atoms with Crippen molar-refractivity contribution in [3.63, 3.8) is 0 Å². The molecule has 3 aromatic rings. The minimum atomic E-state index is -3.84. The standard InChI is InChI=1S/C22H20N2O5S/c1-3-28-16-9-11-17(12-10-16)30(26,27)23-15-8-13-20-18(14-15)22(25)24(2)19-6-4-5-7-21(19)29-20/h4-14,23H,3H2,1-2H3. The van der Waals surface area contributed by atoms with Gasteiger partial charge in [-0.2, -0.15) is 0 Å². The third-order valence-electron chi connectivity index (χ3n) is 4.66. The minimum Gasteiger partial charge on any atom is -0.494 e. The topological polar surface area (TPSA) is 84.9 Å². The summed E-state index contributed by atoms with van der Waals surface area (Å²) in [5, 5.41) is 0. The van der Waals surface area contributed by atoms with Gasteiger partial charge >= 0.3 is 0 Å². The molecule has 1 aliphatic rings. The van der Waals surface area contributed by atoms with Crippen LogP contribution in [0.1, 0.15) is 17.3 Å². The van der Waals surface area contributed by atoms with E-state index in [9.17, 15) is 13.2 Å². The Morgan fingerprint density at radius 1 is 1.00 bits per heavy atom. The molecule has 1 heterocycles. The van der Waals surface area contributed by atoms with Gasteiger partial charge in [0.2, 0.25) is 0 Å². The molecule has 0 aliphatic carbocycles. The molecular weight excluding hydrogens is 404 g/mol. The maximum atomic E-state index is 12.9. The number of carbonyl (C=O) groups excluding carboxylic acids is 1. The molecule has 0 bridgehead atoms. The fourth-order valence-corrected chi connectivity index (χ4v) is 4.22. The molecular formula is C22H20N2O5S. The number of fused-ring (bicyclic) bond motifs is 2. The molecule has 1 N–H and O–H groups in total. The van der Waals surface area contributed by atoms with Crippen LogP contribution in [0.15, 0.2) is 71.6 Å². The second-order valence-electron chi connectivity index (χ2n) is 6.65. The number of nitrogens with zero attached hydrogens (tertiary/aromatic N) is 1. The summed E-state index contributed by atoms with van der Waals surface area (Å²) in [5.41, 5.74) is 1.16. The average Bonchev–Trinajstić information content (AvgIpc) is 2.84. The molecule has 0 aromatic heterocycles. The van der Waals surface area contributed by atoms with Crippen LogP contribution in [0.4, 0.5) is 11.4 Å². The molecule has 7 nitrogen and oxygen atoms in total. The summed E-state index contributed by atoms with van der Waals surface area (Å²) < 4.78 is 39.3. The number of amides is 1. The predicted octanol–water partition coefficient (Wildman–Crippen LogP) is 4.27. The normalized spacial score (nSPS) is 13.0. The first-order valence-electron chi connectivity index (χ1n) is 9.34. The van der Waals surface area contributed by atoms with Gasteiger partial charge in [0, 0.05) is 12.7 Å². The number of hydrogen-bond donors (Lipinski definition) is 1. The van der Waals surface area contributed by atoms with E-state index in [1.165, 1.54) is 23.1 Å². The number of rotatable bonds is 5. The summed E-state index contributed by atoms with van der Waals surface area (Å²) in [4.78, 5) is 14.5. The Kier molecular flexibility index (Phi) is 5.09. The van der Waals surface area contributed by atoms with E-state index in [0.717, 1.165) is 0 Å². The number of carbonyl (C=O) groups is 1. The van der Waals surface area contributed by atoms with E-state index in [2.05, 4.69) is 4.72 Å². The number of sulfonamides is 1. The van der Waals surface area contributed by atoms with Crippen molar-refractivity contribution in [2.45, 2.75) is 11.8 Å². The molecule has 0 saturated carbocycles. The molecule has 30 heavy (non-hydrogen) atoms. The quantitative estimate of drug-likeness (QED) is 0.661. The molecule has 8 heteroatoms. The van der Waals surface area contributed by atoms with Gasteiger partial charge in [0.05, 0.1) is 22.8 Å². The number of hydrogen-bond acceptors (Lipinski definition) is 5. The lowest BCUT2D eigenvalue weighted by atomic mass is 10.1. The predicted molar refractivity (Wildman–Crippen MR) is 114 cm³/mol. The summed E-state index contributed by atoms with van der Waals surface area (Å²) in [6.45, 7) is 2.35. The highest BCUT2D eigenvalue weighted by molar-refractivity contribution is 7.92. The van der Waals surface area contributed by atoms with Gasteiger partial charge in [-0.15, -0.1) is 0 Å². The summed E-state index contributed by atoms with van der Waals surface area (Å²) in [6.07, 6.45) is 0. The summed E-state index contributed by atoms with van der Waals surface area (Å²) in [5.74, 6) is 1.21. The van der Waals surface area contributed by atoms with Crippen molar-refractivity contribution in [2.24, 2.45) is 0 Å². The van der Waals surface area contributed by atoms with Crippen LogP contribution in [-0.2, 0) is 10.0 Å². The Balaban J connectivity index is 1.64. The zero-order valence-electron chi connectivity index (χ0n) is 16.5. The average molecular weight is 424 g/mol. The van der Waals surface area contributed by atoms with Crippen molar-refractivity contribution in [1.82, 2.24) is 0 Å². The third-order valence-corrected chi connectivity index (χ3v) is 6.06. The van der Waals surface area contributed by atoms with Gasteiger partial charge in [-0.25, -0.2) is 8.42 Å². The van der Waals surface area contributed by atoms with E-state index < -0.39 is 10.0 Å². The lowest BCUT2D eigenvalue weighted by molar-refractivity contribution is 0.0993. The van der Waals surface area contributed by atoms with Gasteiger partial charge in [-0.05, 0) is 61.5 Å². The molecule has 0 saturated heterocycles. The zero-order chi connectivity index (χ0) is 21.3. The van der Waals surface area contributed by atoms with Crippen LogP contribution in [0.2, 0.25) is 0 Å². The zero-order valence-corrected chi connectivity index (χ0v) is 17.3. The smallest absolute Gasteiger partial charge is 0.261 e. The molecule has 4 rings (SSSR count). The molecule has 0 radical (unpaired) electrons. The number of para-hydroxylation sites is 2. The van der Waals surface area contributed by atoms with E-state index in [1.54, 1.807) is 43.4 Å². The molecule has 0 atom stereocenters. The van der Waals surface area contributed by atoms with Gasteiger partial charge in [0.25, 0.3) is 15.9 Å². The monoisotopic (exact) mass is 424 g/mol. The van der Waals surface area contributed by atoms with Gasteiger partial charge in [-0.1, -0.05) is 12.1 Å². The van der Waals surface area contributed by atoms with Crippen molar-refractivity contribution in [2.75, 3.05) is 23.3 Å². The van der Waals surface area contributed by atoms with E-state index >= 15 is 0 Å². The van der Waals surface area contributed by atoms with Crippen LogP contribution in [0, 0.1) is 0 Å². The van der Waals surface area contributed by atoms with Crippen molar-refractivity contribution >= 4 is 27.3 Å². The maximum Gasteiger partial charge on any atom is 0.261 e. The lowest BCUT2D eigenvalue weighted by Crippen LogP contribution is -2.25. The maximum absolute atomic E-state index is 12.9. The van der Waals surface area contributed by atoms with E-state index in [0.29, 0.717) is 29.5 Å². The SMILES string of the molecule is CCOc1ccc(S(=O)(=O)Nc2ccc3c(c2)C(=O)N(C)c2ccccc2O3)cc1. The van der Waals surface area contributed by atoms with Crippen LogP contribution in [0.5, 0.6) is 17.2 Å². The van der Waals surface area contributed by atoms with Crippen molar-refractivity contribution in [1.29, 1.82) is 0 Å². The Hall–Kier alpha value is -3.52. The van der Waals surface area contributed by atoms with E-state index in [-0.39, 0.29) is 22.1 Å². The van der Waals surface area contributed by atoms with E-state index in [1.807, 2.05) is 19.1 Å². The molecule has 0 unspecified atom stereocenters. The first-order chi connectivity index (χ1) is 14.4. The van der Waals surface area contributed by atoms with Crippen LogP contribution < -0.4 is 19.1 Å². The van der Waals surface area contributed by atoms with Gasteiger partial charge < -0.3 is 14.4 Å². The Bertz CT molecular complexity index is 1210. The highest BCUT2D eigenvalue weighted by Gasteiger charge is 2.26. The number of nitrogens with one attached hydrogen (secondary N) is 1. The van der Waals surface area contributed by atoms with Crippen LogP contribution in [0.3, 0.4) is 0 Å². The molecule has 0 spiro atoms. The summed E-state index contributed by atoms with van der Waals surface area (Å²) >= 11 is 0. The molecule has 0 fully saturated rings. The Morgan fingerprint density at radius 2 is 1.73 bits per heavy atom. The van der Waals surface area contributed by atoms with Crippen molar-refractivity contribution in [3.05, 3.63) is 72.3 Å². The second kappa shape index (κ2) is 7.72. The minimum absolute atomic E-state index is 0.0907. The fraction of sp³-hybridized carbons (Fsp3) is 0.136. The van der Waals surface area contributed by atoms with Crippen molar-refractivity contribution in [3.8, 4) is 17.2 Å². The van der Waals surface area contributed by atoms with E-state index in [4.69, 9.17) is 9.47 Å². The van der Waals surface area contributed by atoms with Crippen LogP contribution >= 0.6 is 0 Å². The first kappa shape index (κ1) is 19.8. The van der Waals surface area contributed by atoms with Gasteiger partial charge in [0.15, 0.2) is 5.75 Å². The second-order valence-corrected chi connectivity index (χ2v) is 8.34. The largest absolute Gasteiger partial charge is 0.494 e. The number of anilines is 2. The fourth-order valence-electron chi connectivity index (χ4n) is 3.17. The first-order valence-corrected chi connectivity index (χ1v) is 10.8. The van der Waals surface area contributed by atoms with Crippen LogP contribution in [-0.4, -0.2) is 28.0 Å². The third kappa shape index (κ3) is 3.69. The summed E-state index contributed by atoms with van der Waals surface area (Å²) in [7, 11) is -2.19. The molecule has 154 valence electrons. The highest BCUT2D eigenvalue weighted by Crippen LogP contribution is 2.39. The summed E-state index contributed by atoms with van der Waals surface area (Å²) in [6, 6.07) is 17.9. The molecule has 1 aliphatic heterocycles. The Morgan fingerprint density at radius 3 is 2.47 bits per heavy atom. The van der Waals surface area contributed by atoms with Crippen LogP contribution in [0.25, 0.3) is 0 Å². The lowest BCUT2D eigenvalue weighted by Gasteiger charge is -2.16. The van der Waals surface area contributed by atoms with Gasteiger partial charge in [0.1, 0.15) is 11.5 Å². The van der Waals surface area contributed by atoms with Gasteiger partial charge in [-0.3, -0.25) is 9.52 Å². The molecule has 1 amide bonds. The highest BCUT2D eigenvalue weighted by atomic mass is 32.2. The Labute approximate surface area is 174 Å². The van der Waals surface area contributed by atoms with Crippen molar-refractivity contribution < 1.29 is 22.7 Å².